The molecule has 1 aromatic rings. The van der Waals surface area contributed by atoms with E-state index < -0.39 is 0 Å². The lowest BCUT2D eigenvalue weighted by molar-refractivity contribution is 0.285. The number of hydrogen-bond donors (Lipinski definition) is 2. The molecule has 0 unspecified atom stereocenters. The van der Waals surface area contributed by atoms with E-state index in [1.165, 1.54) is 5.69 Å². The van der Waals surface area contributed by atoms with Gasteiger partial charge in [-0.3, -0.25) is 4.68 Å². The number of hydrogen-bond acceptors (Lipinski definition) is 3. The Labute approximate surface area is 98.8 Å². The fraction of sp³-hybridized carbons (Fsp3) is 0.700. The van der Waals surface area contributed by atoms with Crippen LogP contribution in [0.4, 0.5) is 0 Å². The van der Waals surface area contributed by atoms with E-state index in [0.29, 0.717) is 0 Å². The van der Waals surface area contributed by atoms with Gasteiger partial charge in [0, 0.05) is 19.7 Å². The summed E-state index contributed by atoms with van der Waals surface area (Å²) in [5.74, 6) is 0. The highest BCUT2D eigenvalue weighted by molar-refractivity contribution is 9.10. The summed E-state index contributed by atoms with van der Waals surface area (Å²) in [5, 5.41) is 16.3. The first-order valence-corrected chi connectivity index (χ1v) is 6.03. The molecule has 2 N–H and O–H groups in total. The van der Waals surface area contributed by atoms with Crippen molar-refractivity contribution in [2.75, 3.05) is 13.2 Å². The van der Waals surface area contributed by atoms with Gasteiger partial charge < -0.3 is 10.4 Å². The van der Waals surface area contributed by atoms with Crippen molar-refractivity contribution in [3.8, 4) is 0 Å². The average Bonchev–Trinajstić information content (AvgIpc) is 2.51. The SMILES string of the molecule is CCn1nc(C)c(Br)c1CNCCCO. The van der Waals surface area contributed by atoms with Gasteiger partial charge in [-0.2, -0.15) is 5.10 Å². The Morgan fingerprint density at radius 2 is 2.27 bits per heavy atom. The fourth-order valence-electron chi connectivity index (χ4n) is 1.45. The zero-order valence-corrected chi connectivity index (χ0v) is 10.8. The summed E-state index contributed by atoms with van der Waals surface area (Å²) in [6, 6.07) is 0. The van der Waals surface area contributed by atoms with Gasteiger partial charge in [-0.25, -0.2) is 0 Å². The molecule has 0 aromatic carbocycles. The van der Waals surface area contributed by atoms with Crippen LogP contribution in [-0.4, -0.2) is 28.0 Å². The van der Waals surface area contributed by atoms with Crippen LogP contribution in [-0.2, 0) is 13.1 Å². The van der Waals surface area contributed by atoms with Crippen molar-refractivity contribution >= 4 is 15.9 Å². The topological polar surface area (TPSA) is 50.1 Å². The first-order valence-electron chi connectivity index (χ1n) is 5.24. The minimum Gasteiger partial charge on any atom is -0.396 e. The minimum absolute atomic E-state index is 0.236. The maximum Gasteiger partial charge on any atom is 0.0739 e. The molecule has 0 aliphatic rings. The van der Waals surface area contributed by atoms with E-state index in [1.54, 1.807) is 0 Å². The molecule has 0 aliphatic carbocycles. The van der Waals surface area contributed by atoms with Gasteiger partial charge in [-0.1, -0.05) is 0 Å². The zero-order chi connectivity index (χ0) is 11.3. The van der Waals surface area contributed by atoms with Crippen LogP contribution in [0.1, 0.15) is 24.7 Å². The number of aliphatic hydroxyl groups is 1. The molecule has 0 spiro atoms. The Morgan fingerprint density at radius 3 is 2.87 bits per heavy atom. The van der Waals surface area contributed by atoms with E-state index >= 15 is 0 Å². The predicted molar refractivity (Wildman–Crippen MR) is 63.7 cm³/mol. The van der Waals surface area contributed by atoms with Crippen molar-refractivity contribution in [3.63, 3.8) is 0 Å². The van der Waals surface area contributed by atoms with Gasteiger partial charge >= 0.3 is 0 Å². The van der Waals surface area contributed by atoms with E-state index in [4.69, 9.17) is 5.11 Å². The highest BCUT2D eigenvalue weighted by Gasteiger charge is 2.10. The largest absolute Gasteiger partial charge is 0.396 e. The van der Waals surface area contributed by atoms with Gasteiger partial charge in [0.25, 0.3) is 0 Å². The molecule has 0 saturated carbocycles. The Balaban J connectivity index is 2.58. The average molecular weight is 276 g/mol. The molecule has 15 heavy (non-hydrogen) atoms. The third-order valence-electron chi connectivity index (χ3n) is 2.26. The van der Waals surface area contributed by atoms with Crippen molar-refractivity contribution < 1.29 is 5.11 Å². The number of aryl methyl sites for hydroxylation is 2. The molecule has 0 amide bonds. The van der Waals surface area contributed by atoms with Gasteiger partial charge in [-0.05, 0) is 42.7 Å². The van der Waals surface area contributed by atoms with Crippen LogP contribution in [0.2, 0.25) is 0 Å². The molecule has 5 heteroatoms. The second-order valence-corrected chi connectivity index (χ2v) is 4.21. The summed E-state index contributed by atoms with van der Waals surface area (Å²) >= 11 is 3.54. The van der Waals surface area contributed by atoms with Crippen molar-refractivity contribution in [2.45, 2.75) is 33.4 Å². The Bertz CT molecular complexity index is 312. The summed E-state index contributed by atoms with van der Waals surface area (Å²) in [7, 11) is 0. The van der Waals surface area contributed by atoms with Gasteiger partial charge in [0.1, 0.15) is 0 Å². The lowest BCUT2D eigenvalue weighted by Crippen LogP contribution is -2.18. The summed E-state index contributed by atoms with van der Waals surface area (Å²) in [6.07, 6.45) is 0.789. The second-order valence-electron chi connectivity index (χ2n) is 3.42. The van der Waals surface area contributed by atoms with Crippen LogP contribution < -0.4 is 5.32 Å². The van der Waals surface area contributed by atoms with E-state index in [9.17, 15) is 0 Å². The van der Waals surface area contributed by atoms with Crippen LogP contribution in [0, 0.1) is 6.92 Å². The third kappa shape index (κ3) is 3.29. The van der Waals surface area contributed by atoms with Crippen molar-refractivity contribution in [2.24, 2.45) is 0 Å². The number of nitrogens with one attached hydrogen (secondary N) is 1. The quantitative estimate of drug-likeness (QED) is 0.773. The summed E-state index contributed by atoms with van der Waals surface area (Å²) in [5.41, 5.74) is 2.20. The van der Waals surface area contributed by atoms with Crippen molar-refractivity contribution in [3.05, 3.63) is 15.9 Å². The van der Waals surface area contributed by atoms with E-state index in [-0.39, 0.29) is 6.61 Å². The number of nitrogens with zero attached hydrogens (tertiary/aromatic N) is 2. The summed E-state index contributed by atoms with van der Waals surface area (Å²) in [4.78, 5) is 0. The van der Waals surface area contributed by atoms with Crippen molar-refractivity contribution in [1.29, 1.82) is 0 Å². The highest BCUT2D eigenvalue weighted by atomic mass is 79.9. The van der Waals surface area contributed by atoms with Gasteiger partial charge in [0.05, 0.1) is 15.9 Å². The molecule has 0 fully saturated rings. The summed E-state index contributed by atoms with van der Waals surface area (Å²) < 4.78 is 3.08. The van der Waals surface area contributed by atoms with E-state index in [0.717, 1.165) is 36.2 Å². The maximum atomic E-state index is 8.66. The van der Waals surface area contributed by atoms with Crippen LogP contribution in [0.15, 0.2) is 4.47 Å². The van der Waals surface area contributed by atoms with E-state index in [1.807, 2.05) is 11.6 Å². The van der Waals surface area contributed by atoms with Gasteiger partial charge in [-0.15, -0.1) is 0 Å². The Morgan fingerprint density at radius 1 is 1.53 bits per heavy atom. The van der Waals surface area contributed by atoms with Gasteiger partial charge in [0.15, 0.2) is 0 Å². The van der Waals surface area contributed by atoms with Crippen LogP contribution in [0.25, 0.3) is 0 Å². The smallest absolute Gasteiger partial charge is 0.0739 e. The molecule has 0 radical (unpaired) electrons. The second kappa shape index (κ2) is 6.25. The molecule has 0 atom stereocenters. The first-order chi connectivity index (χ1) is 7.20. The van der Waals surface area contributed by atoms with Crippen LogP contribution in [0.5, 0.6) is 0 Å². The van der Waals surface area contributed by atoms with Crippen molar-refractivity contribution in [1.82, 2.24) is 15.1 Å². The number of aromatic nitrogens is 2. The first kappa shape index (κ1) is 12.7. The number of halogens is 1. The molecule has 0 aliphatic heterocycles. The normalized spacial score (nSPS) is 10.9. The molecule has 4 nitrogen and oxygen atoms in total. The molecule has 86 valence electrons. The molecular formula is C10H18BrN3O. The molecule has 0 bridgehead atoms. The summed E-state index contributed by atoms with van der Waals surface area (Å²) in [6.45, 7) is 6.80. The number of aliphatic hydroxyl groups excluding tert-OH is 1. The van der Waals surface area contributed by atoms with E-state index in [2.05, 4.69) is 33.3 Å². The van der Waals surface area contributed by atoms with Gasteiger partial charge in [0.2, 0.25) is 0 Å². The molecule has 1 rings (SSSR count). The standard InChI is InChI=1S/C10H18BrN3O/c1-3-14-9(7-12-5-4-6-15)10(11)8(2)13-14/h12,15H,3-7H2,1-2H3. The molecule has 0 saturated heterocycles. The maximum absolute atomic E-state index is 8.66. The molecule has 1 heterocycles. The third-order valence-corrected chi connectivity index (χ3v) is 3.29. The Kier molecular flexibility index (Phi) is 5.28. The molecule has 1 aromatic heterocycles. The zero-order valence-electron chi connectivity index (χ0n) is 9.26. The Hall–Kier alpha value is -0.390. The minimum atomic E-state index is 0.236. The highest BCUT2D eigenvalue weighted by Crippen LogP contribution is 2.20. The molecular weight excluding hydrogens is 258 g/mol. The van der Waals surface area contributed by atoms with Crippen LogP contribution >= 0.6 is 15.9 Å². The van der Waals surface area contributed by atoms with Crippen LogP contribution in [0.3, 0.4) is 0 Å². The lowest BCUT2D eigenvalue weighted by atomic mass is 10.3. The lowest BCUT2D eigenvalue weighted by Gasteiger charge is -2.06. The predicted octanol–water partition coefficient (Wildman–Crippen LogP) is 1.45. The fourth-order valence-corrected chi connectivity index (χ4v) is 1.87. The monoisotopic (exact) mass is 275 g/mol. The number of rotatable bonds is 6.